The van der Waals surface area contributed by atoms with Crippen LogP contribution in [0, 0.1) is 11.3 Å². The lowest BCUT2D eigenvalue weighted by Crippen LogP contribution is -1.95. The number of hydrogen-bond donors (Lipinski definition) is 1. The second-order valence-electron chi connectivity index (χ2n) is 3.08. The zero-order valence-electron chi connectivity index (χ0n) is 5.49. The molecule has 9 heavy (non-hydrogen) atoms. The minimum Gasteiger partial charge on any atom is -0.396 e. The fraction of sp³-hybridized carbons (Fsp3) is 1.00. The van der Waals surface area contributed by atoms with E-state index >= 15 is 0 Å². The van der Waals surface area contributed by atoms with Gasteiger partial charge in [-0.2, -0.15) is 0 Å². The molecule has 2 atom stereocenters. The third-order valence-electron chi connectivity index (χ3n) is 2.27. The minimum atomic E-state index is -0.352. The average molecular weight is 214 g/mol. The summed E-state index contributed by atoms with van der Waals surface area (Å²) in [6, 6.07) is 0. The highest BCUT2D eigenvalue weighted by atomic mass is 79.9. The van der Waals surface area contributed by atoms with Gasteiger partial charge in [-0.15, -0.1) is 11.6 Å². The fourth-order valence-corrected chi connectivity index (χ4v) is 2.40. The highest BCUT2D eigenvalue weighted by Gasteiger charge is 2.68. The summed E-state index contributed by atoms with van der Waals surface area (Å²) in [4.78, 5) is 0. The lowest BCUT2D eigenvalue weighted by atomic mass is 10.1. The van der Waals surface area contributed by atoms with Gasteiger partial charge >= 0.3 is 0 Å². The molecule has 0 aliphatic heterocycles. The van der Waals surface area contributed by atoms with Gasteiger partial charge in [0.15, 0.2) is 0 Å². The largest absolute Gasteiger partial charge is 0.396 e. The van der Waals surface area contributed by atoms with Crippen LogP contribution in [0.2, 0.25) is 0 Å². The van der Waals surface area contributed by atoms with Gasteiger partial charge in [-0.25, -0.2) is 0 Å². The van der Waals surface area contributed by atoms with E-state index in [-0.39, 0.29) is 21.7 Å². The van der Waals surface area contributed by atoms with Gasteiger partial charge in [0.1, 0.15) is 3.78 Å². The summed E-state index contributed by atoms with van der Waals surface area (Å²) in [5, 5.41) is 8.76. The Labute approximate surface area is 68.5 Å². The summed E-state index contributed by atoms with van der Waals surface area (Å²) in [6.45, 7) is 4.24. The predicted octanol–water partition coefficient (Wildman–Crippen LogP) is 1.96. The maximum Gasteiger partial charge on any atom is 0.110 e. The Morgan fingerprint density at radius 1 is 1.67 bits per heavy atom. The molecule has 1 nitrogen and oxygen atoms in total. The average Bonchev–Trinajstić information content (AvgIpc) is 2.00. The van der Waals surface area contributed by atoms with Gasteiger partial charge in [0.2, 0.25) is 0 Å². The maximum atomic E-state index is 8.76. The van der Waals surface area contributed by atoms with E-state index < -0.39 is 0 Å². The summed E-state index contributed by atoms with van der Waals surface area (Å²) >= 11 is 9.30. The molecule has 0 heterocycles. The third kappa shape index (κ3) is 0.837. The van der Waals surface area contributed by atoms with Crippen LogP contribution in [0.3, 0.4) is 0 Å². The number of aliphatic hydroxyl groups is 1. The molecule has 0 spiro atoms. The Kier molecular flexibility index (Phi) is 1.62. The Hall–Kier alpha value is 0.730. The molecule has 0 saturated heterocycles. The van der Waals surface area contributed by atoms with E-state index in [9.17, 15) is 0 Å². The van der Waals surface area contributed by atoms with Crippen molar-refractivity contribution in [2.24, 2.45) is 11.3 Å². The van der Waals surface area contributed by atoms with Crippen LogP contribution in [-0.2, 0) is 0 Å². The molecule has 2 unspecified atom stereocenters. The maximum absolute atomic E-state index is 8.76. The molecule has 0 aromatic heterocycles. The summed E-state index contributed by atoms with van der Waals surface area (Å²) < 4.78 is -0.352. The topological polar surface area (TPSA) is 20.2 Å². The molecule has 1 aliphatic carbocycles. The van der Waals surface area contributed by atoms with E-state index in [0.29, 0.717) is 0 Å². The Morgan fingerprint density at radius 3 is 2.00 bits per heavy atom. The van der Waals surface area contributed by atoms with Crippen molar-refractivity contribution in [2.75, 3.05) is 6.61 Å². The smallest absolute Gasteiger partial charge is 0.110 e. The van der Waals surface area contributed by atoms with Crippen LogP contribution in [0.4, 0.5) is 0 Å². The first-order valence-electron chi connectivity index (χ1n) is 2.93. The number of hydrogen-bond acceptors (Lipinski definition) is 1. The molecule has 1 N–H and O–H groups in total. The molecule has 0 amide bonds. The second kappa shape index (κ2) is 1.86. The first kappa shape index (κ1) is 7.83. The molecule has 1 fully saturated rings. The van der Waals surface area contributed by atoms with E-state index in [2.05, 4.69) is 15.9 Å². The van der Waals surface area contributed by atoms with Crippen LogP contribution in [0.5, 0.6) is 0 Å². The van der Waals surface area contributed by atoms with Crippen LogP contribution in [-0.4, -0.2) is 15.5 Å². The zero-order valence-corrected chi connectivity index (χ0v) is 7.83. The monoisotopic (exact) mass is 212 g/mol. The van der Waals surface area contributed by atoms with Crippen molar-refractivity contribution in [3.8, 4) is 0 Å². The molecular weight excluding hydrogens is 203 g/mol. The molecule has 54 valence electrons. The first-order valence-corrected chi connectivity index (χ1v) is 4.10. The molecular formula is C6H10BrClO. The van der Waals surface area contributed by atoms with Gasteiger partial charge in [-0.05, 0) is 0 Å². The number of rotatable bonds is 1. The Balaban J connectivity index is 2.66. The minimum absolute atomic E-state index is 0.0449. The number of alkyl halides is 2. The van der Waals surface area contributed by atoms with Gasteiger partial charge in [-0.3, -0.25) is 0 Å². The lowest BCUT2D eigenvalue weighted by molar-refractivity contribution is 0.257. The van der Waals surface area contributed by atoms with Crippen molar-refractivity contribution in [1.29, 1.82) is 0 Å². The van der Waals surface area contributed by atoms with Crippen LogP contribution < -0.4 is 0 Å². The molecule has 1 saturated carbocycles. The van der Waals surface area contributed by atoms with Crippen LogP contribution >= 0.6 is 27.5 Å². The highest BCUT2D eigenvalue weighted by molar-refractivity contribution is 9.10. The van der Waals surface area contributed by atoms with Crippen molar-refractivity contribution < 1.29 is 5.11 Å². The second-order valence-corrected chi connectivity index (χ2v) is 5.38. The summed E-state index contributed by atoms with van der Waals surface area (Å²) in [5.74, 6) is 0.201. The van der Waals surface area contributed by atoms with Crippen molar-refractivity contribution in [3.63, 3.8) is 0 Å². The van der Waals surface area contributed by atoms with Crippen LogP contribution in [0.1, 0.15) is 13.8 Å². The van der Waals surface area contributed by atoms with Gasteiger partial charge < -0.3 is 5.11 Å². The van der Waals surface area contributed by atoms with Crippen molar-refractivity contribution in [1.82, 2.24) is 0 Å². The van der Waals surface area contributed by atoms with Gasteiger partial charge in [0, 0.05) is 17.9 Å². The van der Waals surface area contributed by atoms with E-state index in [1.807, 2.05) is 13.8 Å². The molecule has 1 rings (SSSR count). The number of halogens is 2. The van der Waals surface area contributed by atoms with Gasteiger partial charge in [0.05, 0.1) is 0 Å². The van der Waals surface area contributed by atoms with E-state index in [0.717, 1.165) is 0 Å². The molecule has 0 bridgehead atoms. The van der Waals surface area contributed by atoms with Crippen molar-refractivity contribution >= 4 is 27.5 Å². The summed E-state index contributed by atoms with van der Waals surface area (Å²) in [6.07, 6.45) is 0. The van der Waals surface area contributed by atoms with E-state index in [4.69, 9.17) is 16.7 Å². The Bertz CT molecular complexity index is 119. The van der Waals surface area contributed by atoms with Crippen molar-refractivity contribution in [2.45, 2.75) is 17.6 Å². The SMILES string of the molecule is CC1(C)C(CO)C1(Cl)Br. The van der Waals surface area contributed by atoms with E-state index in [1.54, 1.807) is 0 Å². The standard InChI is InChI=1S/C6H10BrClO/c1-5(2)4(3-9)6(5,7)8/h4,9H,3H2,1-2H3. The molecule has 3 heteroatoms. The molecule has 0 aromatic carbocycles. The van der Waals surface area contributed by atoms with Gasteiger partial charge in [-0.1, -0.05) is 29.8 Å². The summed E-state index contributed by atoms with van der Waals surface area (Å²) in [7, 11) is 0. The predicted molar refractivity (Wildman–Crippen MR) is 41.9 cm³/mol. The zero-order chi connectivity index (χ0) is 7.28. The van der Waals surface area contributed by atoms with Crippen molar-refractivity contribution in [3.05, 3.63) is 0 Å². The van der Waals surface area contributed by atoms with Crippen LogP contribution in [0.25, 0.3) is 0 Å². The quantitative estimate of drug-likeness (QED) is 0.660. The fourth-order valence-electron chi connectivity index (χ4n) is 1.10. The first-order chi connectivity index (χ1) is 3.94. The Morgan fingerprint density at radius 2 is 2.00 bits per heavy atom. The molecule has 0 radical (unpaired) electrons. The summed E-state index contributed by atoms with van der Waals surface area (Å²) in [5.41, 5.74) is 0.0449. The molecule has 0 aromatic rings. The number of aliphatic hydroxyl groups excluding tert-OH is 1. The van der Waals surface area contributed by atoms with Gasteiger partial charge in [0.25, 0.3) is 0 Å². The lowest BCUT2D eigenvalue weighted by Gasteiger charge is -1.99. The molecule has 1 aliphatic rings. The van der Waals surface area contributed by atoms with E-state index in [1.165, 1.54) is 0 Å². The highest BCUT2D eigenvalue weighted by Crippen LogP contribution is 2.69. The third-order valence-corrected chi connectivity index (χ3v) is 4.59. The van der Waals surface area contributed by atoms with Crippen LogP contribution in [0.15, 0.2) is 0 Å². The normalized spacial score (nSPS) is 47.0.